The van der Waals surface area contributed by atoms with Gasteiger partial charge in [-0.2, -0.15) is 0 Å². The lowest BCUT2D eigenvalue weighted by Gasteiger charge is -2.37. The van der Waals surface area contributed by atoms with Crippen molar-refractivity contribution in [2.75, 3.05) is 64.8 Å². The Bertz CT molecular complexity index is 737. The third kappa shape index (κ3) is 6.60. The number of benzene rings is 1. The van der Waals surface area contributed by atoms with Crippen molar-refractivity contribution < 1.29 is 9.59 Å². The number of hydrogen-bond acceptors (Lipinski definition) is 4. The van der Waals surface area contributed by atoms with Gasteiger partial charge < -0.3 is 20.0 Å². The van der Waals surface area contributed by atoms with Crippen LogP contribution in [0.5, 0.6) is 0 Å². The molecule has 2 saturated heterocycles. The summed E-state index contributed by atoms with van der Waals surface area (Å²) in [6.45, 7) is 10.8. The van der Waals surface area contributed by atoms with Gasteiger partial charge in [-0.15, -0.1) is 0 Å². The number of piperidine rings is 1. The predicted octanol–water partition coefficient (Wildman–Crippen LogP) is 2.41. The highest BCUT2D eigenvalue weighted by atomic mass is 16.2. The number of aryl methyl sites for hydroxylation is 1. The number of carbonyl (C=O) groups excluding carboxylic acids is 2. The number of amides is 3. The molecule has 0 spiro atoms. The van der Waals surface area contributed by atoms with Crippen LogP contribution in [0.3, 0.4) is 0 Å². The minimum absolute atomic E-state index is 0.0199. The first-order valence-electron chi connectivity index (χ1n) is 11.6. The van der Waals surface area contributed by atoms with Gasteiger partial charge in [-0.25, -0.2) is 4.79 Å². The van der Waals surface area contributed by atoms with Crippen LogP contribution in [-0.2, 0) is 4.79 Å². The largest absolute Gasteiger partial charge is 0.369 e. The Morgan fingerprint density at radius 1 is 1.10 bits per heavy atom. The molecule has 2 aliphatic heterocycles. The molecule has 0 unspecified atom stereocenters. The molecule has 1 aromatic rings. The van der Waals surface area contributed by atoms with E-state index < -0.39 is 0 Å². The summed E-state index contributed by atoms with van der Waals surface area (Å²) in [5.74, 6) is 0.167. The summed E-state index contributed by atoms with van der Waals surface area (Å²) in [6.07, 6.45) is 2.46. The minimum atomic E-state index is 0.0199. The fourth-order valence-corrected chi connectivity index (χ4v) is 4.48. The molecule has 0 aromatic heterocycles. The van der Waals surface area contributed by atoms with Crippen LogP contribution >= 0.6 is 0 Å². The molecule has 7 nitrogen and oxygen atoms in total. The molecule has 0 radical (unpaired) electrons. The number of nitrogens with one attached hydrogen (secondary N) is 1. The maximum absolute atomic E-state index is 12.7. The number of urea groups is 1. The quantitative estimate of drug-likeness (QED) is 0.755. The summed E-state index contributed by atoms with van der Waals surface area (Å²) in [5.41, 5.74) is 2.62. The lowest BCUT2D eigenvalue weighted by Crippen LogP contribution is -2.49. The SMILES string of the molecule is Cc1cccc(N2CCN(CC[C@@H](C)NC(=O)C3CCN(C(=O)N(C)C)CC3)CC2)c1. The van der Waals surface area contributed by atoms with Crippen LogP contribution in [0.15, 0.2) is 24.3 Å². The van der Waals surface area contributed by atoms with E-state index in [1.165, 1.54) is 11.3 Å². The molecule has 7 heteroatoms. The van der Waals surface area contributed by atoms with Gasteiger partial charge in [-0.05, 0) is 50.8 Å². The van der Waals surface area contributed by atoms with Crippen LogP contribution in [0.25, 0.3) is 0 Å². The lowest BCUT2D eigenvalue weighted by atomic mass is 9.95. The Balaban J connectivity index is 1.34. The molecule has 3 amide bonds. The molecule has 1 atom stereocenters. The van der Waals surface area contributed by atoms with Gasteiger partial charge in [0.1, 0.15) is 0 Å². The number of rotatable bonds is 6. The summed E-state index contributed by atoms with van der Waals surface area (Å²) in [7, 11) is 3.54. The van der Waals surface area contributed by atoms with Gasteiger partial charge in [0, 0.05) is 77.6 Å². The Kier molecular flexibility index (Phi) is 8.18. The van der Waals surface area contributed by atoms with Gasteiger partial charge in [0.25, 0.3) is 0 Å². The van der Waals surface area contributed by atoms with Crippen molar-refractivity contribution in [3.63, 3.8) is 0 Å². The van der Waals surface area contributed by atoms with E-state index in [1.807, 2.05) is 4.90 Å². The van der Waals surface area contributed by atoms with E-state index >= 15 is 0 Å². The second-order valence-electron chi connectivity index (χ2n) is 9.30. The van der Waals surface area contributed by atoms with E-state index in [2.05, 4.69) is 53.2 Å². The smallest absolute Gasteiger partial charge is 0.319 e. The first kappa shape index (κ1) is 23.4. The molecule has 31 heavy (non-hydrogen) atoms. The van der Waals surface area contributed by atoms with E-state index in [4.69, 9.17) is 0 Å². The second kappa shape index (κ2) is 10.8. The molecule has 0 aliphatic carbocycles. The molecule has 172 valence electrons. The van der Waals surface area contributed by atoms with Crippen LogP contribution in [-0.4, -0.2) is 92.6 Å². The van der Waals surface area contributed by atoms with Crippen molar-refractivity contribution >= 4 is 17.6 Å². The number of nitrogens with zero attached hydrogens (tertiary/aromatic N) is 4. The summed E-state index contributed by atoms with van der Waals surface area (Å²) in [6, 6.07) is 8.93. The minimum Gasteiger partial charge on any atom is -0.369 e. The topological polar surface area (TPSA) is 59.1 Å². The summed E-state index contributed by atoms with van der Waals surface area (Å²) in [4.78, 5) is 33.1. The first-order valence-corrected chi connectivity index (χ1v) is 11.6. The molecular formula is C24H39N5O2. The van der Waals surface area contributed by atoms with E-state index in [0.717, 1.165) is 52.0 Å². The van der Waals surface area contributed by atoms with Gasteiger partial charge in [0.15, 0.2) is 0 Å². The van der Waals surface area contributed by atoms with E-state index in [9.17, 15) is 9.59 Å². The predicted molar refractivity (Wildman–Crippen MR) is 125 cm³/mol. The molecule has 2 fully saturated rings. The highest BCUT2D eigenvalue weighted by Crippen LogP contribution is 2.19. The van der Waals surface area contributed by atoms with Crippen LogP contribution in [0, 0.1) is 12.8 Å². The standard InChI is InChI=1S/C24H39N5O2/c1-19-6-5-7-22(18-19)28-16-14-27(15-17-28)11-8-20(2)25-23(30)21-9-12-29(13-10-21)24(31)26(3)4/h5-7,18,20-21H,8-17H2,1-4H3,(H,25,30)/t20-/m1/s1. The lowest BCUT2D eigenvalue weighted by molar-refractivity contribution is -0.126. The molecule has 2 aliphatic rings. The van der Waals surface area contributed by atoms with Crippen molar-refractivity contribution in [1.82, 2.24) is 20.0 Å². The average Bonchev–Trinajstić information content (AvgIpc) is 2.77. The van der Waals surface area contributed by atoms with Gasteiger partial charge in [-0.3, -0.25) is 9.69 Å². The maximum Gasteiger partial charge on any atom is 0.319 e. The molecule has 0 saturated carbocycles. The Morgan fingerprint density at radius 2 is 1.77 bits per heavy atom. The van der Waals surface area contributed by atoms with Gasteiger partial charge in [0.05, 0.1) is 0 Å². The zero-order valence-corrected chi connectivity index (χ0v) is 19.6. The Morgan fingerprint density at radius 3 is 2.39 bits per heavy atom. The molecule has 1 aromatic carbocycles. The van der Waals surface area contributed by atoms with E-state index in [-0.39, 0.29) is 23.9 Å². The van der Waals surface area contributed by atoms with Crippen LogP contribution in [0.4, 0.5) is 10.5 Å². The van der Waals surface area contributed by atoms with Crippen molar-refractivity contribution in [1.29, 1.82) is 0 Å². The normalized spacial score (nSPS) is 19.2. The van der Waals surface area contributed by atoms with Crippen LogP contribution in [0.2, 0.25) is 0 Å². The second-order valence-corrected chi connectivity index (χ2v) is 9.30. The number of carbonyl (C=O) groups is 2. The monoisotopic (exact) mass is 429 g/mol. The average molecular weight is 430 g/mol. The summed E-state index contributed by atoms with van der Waals surface area (Å²) < 4.78 is 0. The highest BCUT2D eigenvalue weighted by molar-refractivity contribution is 5.79. The Hall–Kier alpha value is -2.28. The van der Waals surface area contributed by atoms with Crippen molar-refractivity contribution in [2.24, 2.45) is 5.92 Å². The third-order valence-corrected chi connectivity index (χ3v) is 6.52. The fraction of sp³-hybridized carbons (Fsp3) is 0.667. The third-order valence-electron chi connectivity index (χ3n) is 6.52. The van der Waals surface area contributed by atoms with Gasteiger partial charge in [0.2, 0.25) is 5.91 Å². The summed E-state index contributed by atoms with van der Waals surface area (Å²) in [5, 5.41) is 3.21. The van der Waals surface area contributed by atoms with Crippen LogP contribution in [0.1, 0.15) is 31.7 Å². The highest BCUT2D eigenvalue weighted by Gasteiger charge is 2.28. The fourth-order valence-electron chi connectivity index (χ4n) is 4.48. The van der Waals surface area contributed by atoms with Crippen molar-refractivity contribution in [2.45, 2.75) is 39.2 Å². The van der Waals surface area contributed by atoms with Crippen molar-refractivity contribution in [3.05, 3.63) is 29.8 Å². The zero-order valence-electron chi connectivity index (χ0n) is 19.6. The van der Waals surface area contributed by atoms with Crippen LogP contribution < -0.4 is 10.2 Å². The number of hydrogen-bond donors (Lipinski definition) is 1. The molecule has 0 bridgehead atoms. The maximum atomic E-state index is 12.7. The van der Waals surface area contributed by atoms with Crippen molar-refractivity contribution in [3.8, 4) is 0 Å². The van der Waals surface area contributed by atoms with Gasteiger partial charge >= 0.3 is 6.03 Å². The molecule has 1 N–H and O–H groups in total. The number of piperazine rings is 1. The molecule has 2 heterocycles. The van der Waals surface area contributed by atoms with E-state index in [1.54, 1.807) is 19.0 Å². The zero-order chi connectivity index (χ0) is 22.4. The Labute approximate surface area is 187 Å². The first-order chi connectivity index (χ1) is 14.8. The molecular weight excluding hydrogens is 390 g/mol. The summed E-state index contributed by atoms with van der Waals surface area (Å²) >= 11 is 0. The number of likely N-dealkylation sites (tertiary alicyclic amines) is 1. The number of anilines is 1. The molecule has 3 rings (SSSR count). The van der Waals surface area contributed by atoms with Gasteiger partial charge in [-0.1, -0.05) is 12.1 Å². The van der Waals surface area contributed by atoms with E-state index in [0.29, 0.717) is 13.1 Å².